The molecule has 0 aliphatic heterocycles. The molecule has 2 aromatic rings. The Morgan fingerprint density at radius 2 is 1.73 bits per heavy atom. The Balaban J connectivity index is 2.44. The van der Waals surface area contributed by atoms with Crippen LogP contribution in [-0.2, 0) is 26.2 Å². The Morgan fingerprint density at radius 1 is 1.09 bits per heavy atom. The molecule has 33 heavy (non-hydrogen) atoms. The van der Waals surface area contributed by atoms with Crippen LogP contribution in [-0.4, -0.2) is 65.2 Å². The number of halogens is 1. The number of likely N-dealkylation sites (N-methyl/N-ethyl adjacent to an activating group) is 1. The van der Waals surface area contributed by atoms with Crippen LogP contribution in [0.5, 0.6) is 11.5 Å². The third kappa shape index (κ3) is 6.58. The normalized spacial score (nSPS) is 11.9. The van der Waals surface area contributed by atoms with Crippen molar-refractivity contribution >= 4 is 27.5 Å². The van der Waals surface area contributed by atoms with Crippen molar-refractivity contribution in [3.05, 3.63) is 53.8 Å². The van der Waals surface area contributed by atoms with Crippen LogP contribution in [0, 0.1) is 5.82 Å². The van der Waals surface area contributed by atoms with Crippen LogP contribution < -0.4 is 19.1 Å². The molecule has 2 amide bonds. The molecule has 1 N–H and O–H groups in total. The second kappa shape index (κ2) is 11.0. The van der Waals surface area contributed by atoms with Crippen molar-refractivity contribution in [1.29, 1.82) is 0 Å². The first-order chi connectivity index (χ1) is 15.5. The van der Waals surface area contributed by atoms with Crippen molar-refractivity contribution in [1.82, 2.24) is 10.2 Å². The molecular formula is C22H28FN3O6S. The van der Waals surface area contributed by atoms with Crippen molar-refractivity contribution in [3.8, 4) is 11.5 Å². The second-order valence-electron chi connectivity index (χ2n) is 7.25. The SMILES string of the molecule is CNC(=O)[C@H](C)N(Cc1ccc(F)cc1)C(=O)CN(c1ccc(OC)cc1OC)S(C)(=O)=O. The smallest absolute Gasteiger partial charge is 0.244 e. The zero-order chi connectivity index (χ0) is 24.8. The van der Waals surface area contributed by atoms with Gasteiger partial charge in [0.25, 0.3) is 0 Å². The summed E-state index contributed by atoms with van der Waals surface area (Å²) in [5.74, 6) is -0.860. The summed E-state index contributed by atoms with van der Waals surface area (Å²) in [5, 5.41) is 2.48. The Kier molecular flexibility index (Phi) is 8.63. The maximum Gasteiger partial charge on any atom is 0.244 e. The molecule has 0 fully saturated rings. The van der Waals surface area contributed by atoms with Crippen molar-refractivity contribution in [3.63, 3.8) is 0 Å². The van der Waals surface area contributed by atoms with E-state index in [1.807, 2.05) is 0 Å². The number of benzene rings is 2. The van der Waals surface area contributed by atoms with Gasteiger partial charge in [0.2, 0.25) is 21.8 Å². The first kappa shape index (κ1) is 25.9. The minimum atomic E-state index is -3.91. The lowest BCUT2D eigenvalue weighted by Gasteiger charge is -2.31. The minimum absolute atomic E-state index is 0.0228. The quantitative estimate of drug-likeness (QED) is 0.555. The molecule has 0 spiro atoms. The van der Waals surface area contributed by atoms with E-state index in [0.717, 1.165) is 10.6 Å². The van der Waals surface area contributed by atoms with Crippen LogP contribution in [0.3, 0.4) is 0 Å². The molecule has 0 saturated carbocycles. The monoisotopic (exact) mass is 481 g/mol. The number of rotatable bonds is 10. The van der Waals surface area contributed by atoms with E-state index in [9.17, 15) is 22.4 Å². The third-order valence-electron chi connectivity index (χ3n) is 5.01. The first-order valence-electron chi connectivity index (χ1n) is 9.97. The van der Waals surface area contributed by atoms with Gasteiger partial charge in [-0.3, -0.25) is 13.9 Å². The van der Waals surface area contributed by atoms with Gasteiger partial charge in [-0.25, -0.2) is 12.8 Å². The van der Waals surface area contributed by atoms with E-state index in [4.69, 9.17) is 9.47 Å². The van der Waals surface area contributed by atoms with Gasteiger partial charge in [-0.15, -0.1) is 0 Å². The number of methoxy groups -OCH3 is 2. The van der Waals surface area contributed by atoms with Crippen molar-refractivity contribution in [2.24, 2.45) is 0 Å². The van der Waals surface area contributed by atoms with E-state index in [1.165, 1.54) is 69.5 Å². The largest absolute Gasteiger partial charge is 0.497 e. The highest BCUT2D eigenvalue weighted by molar-refractivity contribution is 7.92. The van der Waals surface area contributed by atoms with E-state index in [2.05, 4.69) is 5.32 Å². The zero-order valence-corrected chi connectivity index (χ0v) is 20.0. The molecule has 0 aromatic heterocycles. The van der Waals surface area contributed by atoms with Gasteiger partial charge in [-0.05, 0) is 36.8 Å². The lowest BCUT2D eigenvalue weighted by atomic mass is 10.1. The molecule has 0 bridgehead atoms. The van der Waals surface area contributed by atoms with Crippen molar-refractivity contribution in [2.75, 3.05) is 38.4 Å². The molecule has 0 unspecified atom stereocenters. The van der Waals surface area contributed by atoms with Crippen molar-refractivity contribution < 1.29 is 31.9 Å². The van der Waals surface area contributed by atoms with E-state index in [0.29, 0.717) is 11.3 Å². The summed E-state index contributed by atoms with van der Waals surface area (Å²) < 4.78 is 49.9. The van der Waals surface area contributed by atoms with Gasteiger partial charge in [0.1, 0.15) is 29.9 Å². The zero-order valence-electron chi connectivity index (χ0n) is 19.2. The highest BCUT2D eigenvalue weighted by Gasteiger charge is 2.31. The van der Waals surface area contributed by atoms with Crippen LogP contribution in [0.1, 0.15) is 12.5 Å². The number of sulfonamides is 1. The number of hydrogen-bond acceptors (Lipinski definition) is 6. The van der Waals surface area contributed by atoms with Gasteiger partial charge < -0.3 is 19.7 Å². The number of amides is 2. The summed E-state index contributed by atoms with van der Waals surface area (Å²) in [5.41, 5.74) is 0.719. The predicted molar refractivity (Wildman–Crippen MR) is 122 cm³/mol. The molecule has 2 aromatic carbocycles. The molecular weight excluding hydrogens is 453 g/mol. The van der Waals surface area contributed by atoms with Crippen LogP contribution in [0.25, 0.3) is 0 Å². The second-order valence-corrected chi connectivity index (χ2v) is 9.15. The van der Waals surface area contributed by atoms with E-state index in [-0.39, 0.29) is 18.0 Å². The Labute approximate surface area is 193 Å². The Bertz CT molecular complexity index is 1090. The standard InChI is InChI=1S/C22H28FN3O6S/c1-15(22(28)24-2)25(13-16-6-8-17(23)9-7-16)21(27)14-26(33(5,29)30)19-11-10-18(31-3)12-20(19)32-4/h6-12,15H,13-14H2,1-5H3,(H,24,28)/t15-/m0/s1. The molecule has 11 heteroatoms. The summed E-state index contributed by atoms with van der Waals surface area (Å²) in [7, 11) is 0.349. The summed E-state index contributed by atoms with van der Waals surface area (Å²) in [6.45, 7) is 0.925. The van der Waals surface area contributed by atoms with Crippen LogP contribution in [0.15, 0.2) is 42.5 Å². The summed E-state index contributed by atoms with van der Waals surface area (Å²) in [4.78, 5) is 26.9. The van der Waals surface area contributed by atoms with Gasteiger partial charge in [0.05, 0.1) is 26.2 Å². The Morgan fingerprint density at radius 3 is 2.24 bits per heavy atom. The fourth-order valence-corrected chi connectivity index (χ4v) is 4.02. The molecule has 0 saturated heterocycles. The van der Waals surface area contributed by atoms with Crippen LogP contribution in [0.4, 0.5) is 10.1 Å². The molecule has 0 aliphatic carbocycles. The molecule has 9 nitrogen and oxygen atoms in total. The lowest BCUT2D eigenvalue weighted by molar-refractivity contribution is -0.139. The molecule has 2 rings (SSSR count). The number of anilines is 1. The summed E-state index contributed by atoms with van der Waals surface area (Å²) >= 11 is 0. The minimum Gasteiger partial charge on any atom is -0.497 e. The van der Waals surface area contributed by atoms with Crippen molar-refractivity contribution in [2.45, 2.75) is 19.5 Å². The fourth-order valence-electron chi connectivity index (χ4n) is 3.16. The lowest BCUT2D eigenvalue weighted by Crippen LogP contribution is -2.50. The number of nitrogens with zero attached hydrogens (tertiary/aromatic N) is 2. The van der Waals surface area contributed by atoms with E-state index >= 15 is 0 Å². The van der Waals surface area contributed by atoms with E-state index in [1.54, 1.807) is 6.07 Å². The van der Waals surface area contributed by atoms with E-state index < -0.39 is 40.2 Å². The number of nitrogens with one attached hydrogen (secondary N) is 1. The maximum atomic E-state index is 13.3. The topological polar surface area (TPSA) is 105 Å². The van der Waals surface area contributed by atoms with Gasteiger partial charge >= 0.3 is 0 Å². The van der Waals surface area contributed by atoms with Gasteiger partial charge in [0, 0.05) is 19.7 Å². The molecule has 1 atom stereocenters. The Hall–Kier alpha value is -3.34. The molecule has 0 radical (unpaired) electrons. The van der Waals surface area contributed by atoms with Gasteiger partial charge in [0.15, 0.2) is 0 Å². The fraction of sp³-hybridized carbons (Fsp3) is 0.364. The third-order valence-corrected chi connectivity index (χ3v) is 6.14. The number of carbonyl (C=O) groups is 2. The average Bonchev–Trinajstić information content (AvgIpc) is 2.79. The summed E-state index contributed by atoms with van der Waals surface area (Å²) in [6, 6.07) is 9.08. The molecule has 0 aliphatic rings. The maximum absolute atomic E-state index is 13.3. The van der Waals surface area contributed by atoms with Gasteiger partial charge in [-0.1, -0.05) is 12.1 Å². The first-order valence-corrected chi connectivity index (χ1v) is 11.8. The highest BCUT2D eigenvalue weighted by atomic mass is 32.2. The summed E-state index contributed by atoms with van der Waals surface area (Å²) in [6.07, 6.45) is 0.969. The number of ether oxygens (including phenoxy) is 2. The highest BCUT2D eigenvalue weighted by Crippen LogP contribution is 2.33. The average molecular weight is 482 g/mol. The number of hydrogen-bond donors (Lipinski definition) is 1. The van der Waals surface area contributed by atoms with Crippen LogP contribution >= 0.6 is 0 Å². The van der Waals surface area contributed by atoms with Gasteiger partial charge in [-0.2, -0.15) is 0 Å². The molecule has 180 valence electrons. The predicted octanol–water partition coefficient (Wildman–Crippen LogP) is 1.77. The molecule has 0 heterocycles. The number of carbonyl (C=O) groups excluding carboxylic acids is 2. The van der Waals surface area contributed by atoms with Crippen LogP contribution in [0.2, 0.25) is 0 Å².